The van der Waals surface area contributed by atoms with E-state index in [4.69, 9.17) is 9.79 Å². The molecule has 252 valence electrons. The Labute approximate surface area is 266 Å². The van der Waals surface area contributed by atoms with Gasteiger partial charge in [0.05, 0.1) is 19.0 Å². The third-order valence-electron chi connectivity index (χ3n) is 8.21. The number of amides is 1. The molecule has 0 unspecified atom stereocenters. The fraction of sp³-hybridized carbons (Fsp3) is 0.759. The minimum atomic E-state index is -4.11. The van der Waals surface area contributed by atoms with Gasteiger partial charge in [0.2, 0.25) is 11.9 Å². The number of anilines is 2. The van der Waals surface area contributed by atoms with E-state index >= 15 is 0 Å². The summed E-state index contributed by atoms with van der Waals surface area (Å²) >= 11 is 0. The van der Waals surface area contributed by atoms with E-state index in [1.807, 2.05) is 23.9 Å². The van der Waals surface area contributed by atoms with Crippen LogP contribution in [-0.4, -0.2) is 103 Å². The molecule has 0 aromatic carbocycles. The van der Waals surface area contributed by atoms with Crippen LogP contribution < -0.4 is 26.6 Å². The highest BCUT2D eigenvalue weighted by molar-refractivity contribution is 7.51. The summed E-state index contributed by atoms with van der Waals surface area (Å²) in [5.74, 6) is 1.24. The fourth-order valence-electron chi connectivity index (χ4n) is 5.80. The number of aromatic nitrogens is 5. The molecular formula is C29H52N11O4P. The molecule has 1 saturated carbocycles. The van der Waals surface area contributed by atoms with Gasteiger partial charge in [-0.25, -0.2) is 4.98 Å². The molecule has 0 bridgehead atoms. The maximum Gasteiger partial charge on any atom is 0.339 e. The van der Waals surface area contributed by atoms with Crippen molar-refractivity contribution in [3.05, 3.63) is 23.7 Å². The molecule has 2 aromatic heterocycles. The molecule has 3 heterocycles. The van der Waals surface area contributed by atoms with Gasteiger partial charge in [0, 0.05) is 56.4 Å². The average Bonchev–Trinajstić information content (AvgIpc) is 3.47. The molecule has 0 atom stereocenters. The van der Waals surface area contributed by atoms with E-state index in [1.165, 1.54) is 32.1 Å². The molecule has 7 N–H and O–H groups in total. The first-order chi connectivity index (χ1) is 21.7. The largest absolute Gasteiger partial charge is 0.367 e. The smallest absolute Gasteiger partial charge is 0.339 e. The Morgan fingerprint density at radius 2 is 1.76 bits per heavy atom. The molecule has 0 radical (unpaired) electrons. The minimum Gasteiger partial charge on any atom is -0.367 e. The Hall–Kier alpha value is -2.68. The summed E-state index contributed by atoms with van der Waals surface area (Å²) in [6.07, 6.45) is 12.3. The van der Waals surface area contributed by atoms with E-state index < -0.39 is 13.9 Å². The van der Waals surface area contributed by atoms with Gasteiger partial charge in [0.1, 0.15) is 11.5 Å². The van der Waals surface area contributed by atoms with Gasteiger partial charge in [0.15, 0.2) is 0 Å². The highest BCUT2D eigenvalue weighted by Crippen LogP contribution is 2.31. The summed E-state index contributed by atoms with van der Waals surface area (Å²) in [7, 11) is -4.11. The van der Waals surface area contributed by atoms with Crippen LogP contribution in [0.25, 0.3) is 0 Å². The zero-order valence-electron chi connectivity index (χ0n) is 26.6. The standard InChI is InChI=1S/C29H52N11O4P/c1-23-19-27(35-25-10-17-39(18-11-25)28(41)9-15-31-22-45(42,43)44)36-29(34-23)33-20-26-21-40(38-37-26)16-6-13-30-12-5-14-32-24-7-3-2-4-8-24/h19,21,24-25,30-32H,2-18,20,22H2,1H3,(H2,42,43,44)(H2,33,34,35,36). The molecule has 1 aliphatic carbocycles. The molecule has 16 heteroatoms. The molecule has 0 spiro atoms. The Morgan fingerprint density at radius 1 is 0.978 bits per heavy atom. The van der Waals surface area contributed by atoms with Crippen LogP contribution in [0, 0.1) is 6.92 Å². The maximum atomic E-state index is 12.4. The number of piperidine rings is 1. The van der Waals surface area contributed by atoms with Crippen LogP contribution in [0.1, 0.15) is 75.6 Å². The van der Waals surface area contributed by atoms with Gasteiger partial charge in [-0.15, -0.1) is 5.10 Å². The maximum absolute atomic E-state index is 12.4. The molecule has 2 aromatic rings. The predicted molar refractivity (Wildman–Crippen MR) is 174 cm³/mol. The van der Waals surface area contributed by atoms with Crippen LogP contribution >= 0.6 is 7.60 Å². The number of nitrogens with one attached hydrogen (secondary N) is 5. The topological polar surface area (TPSA) is 194 Å². The summed E-state index contributed by atoms with van der Waals surface area (Å²) in [4.78, 5) is 41.2. The number of hydrogen-bond acceptors (Lipinski definition) is 11. The van der Waals surface area contributed by atoms with E-state index in [-0.39, 0.29) is 24.9 Å². The molecule has 1 aliphatic heterocycles. The summed E-state index contributed by atoms with van der Waals surface area (Å²) < 4.78 is 12.8. The number of rotatable bonds is 19. The van der Waals surface area contributed by atoms with Gasteiger partial charge < -0.3 is 41.3 Å². The normalized spacial score (nSPS) is 16.6. The number of carbonyl (C=O) groups is 1. The zero-order valence-corrected chi connectivity index (χ0v) is 27.5. The first-order valence-electron chi connectivity index (χ1n) is 16.5. The lowest BCUT2D eigenvalue weighted by molar-refractivity contribution is -0.132. The van der Waals surface area contributed by atoms with Crippen LogP contribution in [0.3, 0.4) is 0 Å². The van der Waals surface area contributed by atoms with E-state index in [0.717, 1.165) is 75.1 Å². The van der Waals surface area contributed by atoms with Gasteiger partial charge in [-0.1, -0.05) is 24.5 Å². The van der Waals surface area contributed by atoms with Crippen molar-refractivity contribution in [1.29, 1.82) is 0 Å². The summed E-state index contributed by atoms with van der Waals surface area (Å²) in [5.41, 5.74) is 1.66. The van der Waals surface area contributed by atoms with Gasteiger partial charge >= 0.3 is 7.60 Å². The number of aryl methyl sites for hydroxylation is 2. The SMILES string of the molecule is Cc1cc(NC2CCN(C(=O)CCNCP(=O)(O)O)CC2)nc(NCc2cn(CCCNCCCNC3CCCCC3)nn2)n1. The van der Waals surface area contributed by atoms with Crippen molar-refractivity contribution in [2.75, 3.05) is 56.2 Å². The van der Waals surface area contributed by atoms with Gasteiger partial charge in [0.25, 0.3) is 0 Å². The fourth-order valence-corrected chi connectivity index (χ4v) is 6.25. The van der Waals surface area contributed by atoms with Crippen molar-refractivity contribution < 1.29 is 19.1 Å². The monoisotopic (exact) mass is 649 g/mol. The van der Waals surface area contributed by atoms with E-state index in [1.54, 1.807) is 4.90 Å². The van der Waals surface area contributed by atoms with Gasteiger partial charge in [-0.05, 0) is 65.1 Å². The second-order valence-corrected chi connectivity index (χ2v) is 13.8. The highest BCUT2D eigenvalue weighted by Gasteiger charge is 2.23. The molecule has 1 amide bonds. The lowest BCUT2D eigenvalue weighted by Gasteiger charge is -2.32. The van der Waals surface area contributed by atoms with Crippen LogP contribution in [-0.2, 0) is 22.4 Å². The molecule has 4 rings (SSSR count). The third-order valence-corrected chi connectivity index (χ3v) is 8.85. The van der Waals surface area contributed by atoms with Crippen molar-refractivity contribution in [3.8, 4) is 0 Å². The van der Waals surface area contributed by atoms with Crippen LogP contribution in [0.5, 0.6) is 0 Å². The van der Waals surface area contributed by atoms with Crippen molar-refractivity contribution >= 4 is 25.3 Å². The second-order valence-electron chi connectivity index (χ2n) is 12.2. The number of carbonyl (C=O) groups excluding carboxylic acids is 1. The van der Waals surface area contributed by atoms with Crippen molar-refractivity contribution in [2.24, 2.45) is 0 Å². The number of likely N-dealkylation sites (tertiary alicyclic amines) is 1. The second kappa shape index (κ2) is 18.5. The minimum absolute atomic E-state index is 0.0161. The van der Waals surface area contributed by atoms with Crippen LogP contribution in [0.4, 0.5) is 11.8 Å². The molecule has 1 saturated heterocycles. The third kappa shape index (κ3) is 13.7. The summed E-state index contributed by atoms with van der Waals surface area (Å²) in [6.45, 7) is 7.77. The predicted octanol–water partition coefficient (Wildman–Crippen LogP) is 1.80. The van der Waals surface area contributed by atoms with Crippen molar-refractivity contribution in [1.82, 2.24) is 45.8 Å². The Kier molecular flexibility index (Phi) is 14.4. The quantitative estimate of drug-likeness (QED) is 0.0861. The van der Waals surface area contributed by atoms with E-state index in [0.29, 0.717) is 25.6 Å². The van der Waals surface area contributed by atoms with Crippen molar-refractivity contribution in [3.63, 3.8) is 0 Å². The molecule has 2 fully saturated rings. The number of hydrogen-bond donors (Lipinski definition) is 7. The molecule has 45 heavy (non-hydrogen) atoms. The lowest BCUT2D eigenvalue weighted by Crippen LogP contribution is -2.43. The molecule has 15 nitrogen and oxygen atoms in total. The molecule has 2 aliphatic rings. The Morgan fingerprint density at radius 3 is 2.53 bits per heavy atom. The lowest BCUT2D eigenvalue weighted by atomic mass is 9.95. The Balaban J connectivity index is 1.09. The van der Waals surface area contributed by atoms with Gasteiger partial charge in [-0.3, -0.25) is 14.0 Å². The summed E-state index contributed by atoms with van der Waals surface area (Å²) in [5, 5.41) is 25.2. The highest BCUT2D eigenvalue weighted by atomic mass is 31.2. The van der Waals surface area contributed by atoms with Crippen LogP contribution in [0.2, 0.25) is 0 Å². The number of nitrogens with zero attached hydrogens (tertiary/aromatic N) is 6. The zero-order chi connectivity index (χ0) is 31.9. The average molecular weight is 650 g/mol. The van der Waals surface area contributed by atoms with Crippen molar-refractivity contribution in [2.45, 2.75) is 96.3 Å². The Bertz CT molecular complexity index is 1210. The van der Waals surface area contributed by atoms with E-state index in [2.05, 4.69) is 46.9 Å². The van der Waals surface area contributed by atoms with Gasteiger partial charge in [-0.2, -0.15) is 4.98 Å². The first-order valence-corrected chi connectivity index (χ1v) is 18.3. The molecular weight excluding hydrogens is 597 g/mol. The van der Waals surface area contributed by atoms with Crippen LogP contribution in [0.15, 0.2) is 12.3 Å². The summed E-state index contributed by atoms with van der Waals surface area (Å²) in [6, 6.07) is 2.82. The van der Waals surface area contributed by atoms with E-state index in [9.17, 15) is 9.36 Å². The first kappa shape index (κ1) is 35.2.